The summed E-state index contributed by atoms with van der Waals surface area (Å²) in [6.45, 7) is 2.62. The lowest BCUT2D eigenvalue weighted by Gasteiger charge is -2.22. The van der Waals surface area contributed by atoms with Crippen molar-refractivity contribution in [2.75, 3.05) is 20.3 Å². The molecule has 3 rings (SSSR count). The molecule has 28 heavy (non-hydrogen) atoms. The van der Waals surface area contributed by atoms with Gasteiger partial charge in [-0.05, 0) is 31.0 Å². The van der Waals surface area contributed by atoms with E-state index in [2.05, 4.69) is 27.9 Å². The first-order valence-electron chi connectivity index (χ1n) is 9.36. The van der Waals surface area contributed by atoms with Crippen LogP contribution in [0.5, 0.6) is 0 Å². The number of hydrogen-bond donors (Lipinski definition) is 2. The van der Waals surface area contributed by atoms with Gasteiger partial charge in [-0.1, -0.05) is 24.3 Å². The molecule has 1 saturated heterocycles. The SMILES string of the molecule is CNC(C(=O)NCc1cccc(COC2CCOCC2)c1)c1cnn(C)c1.Cl. The van der Waals surface area contributed by atoms with E-state index >= 15 is 0 Å². The van der Waals surface area contributed by atoms with Gasteiger partial charge in [0.25, 0.3) is 0 Å². The lowest BCUT2D eigenvalue weighted by Crippen LogP contribution is -2.35. The van der Waals surface area contributed by atoms with Crippen molar-refractivity contribution in [2.24, 2.45) is 7.05 Å². The van der Waals surface area contributed by atoms with Crippen molar-refractivity contribution < 1.29 is 14.3 Å². The van der Waals surface area contributed by atoms with E-state index in [0.717, 1.165) is 42.7 Å². The monoisotopic (exact) mass is 408 g/mol. The Morgan fingerprint density at radius 1 is 1.36 bits per heavy atom. The summed E-state index contributed by atoms with van der Waals surface area (Å²) in [5, 5.41) is 10.2. The zero-order valence-corrected chi connectivity index (χ0v) is 17.2. The first-order valence-corrected chi connectivity index (χ1v) is 9.36. The molecule has 1 aromatic carbocycles. The molecule has 0 radical (unpaired) electrons. The zero-order valence-electron chi connectivity index (χ0n) is 16.4. The molecule has 1 aliphatic heterocycles. The fourth-order valence-electron chi connectivity index (χ4n) is 3.22. The smallest absolute Gasteiger partial charge is 0.242 e. The minimum Gasteiger partial charge on any atom is -0.381 e. The fraction of sp³-hybridized carbons (Fsp3) is 0.500. The molecule has 0 saturated carbocycles. The quantitative estimate of drug-likeness (QED) is 0.699. The first kappa shape index (κ1) is 22.4. The van der Waals surface area contributed by atoms with Crippen LogP contribution in [0, 0.1) is 0 Å². The minimum absolute atomic E-state index is 0. The third kappa shape index (κ3) is 6.31. The van der Waals surface area contributed by atoms with Crippen molar-refractivity contribution in [2.45, 2.75) is 38.1 Å². The third-order valence-corrected chi connectivity index (χ3v) is 4.72. The molecule has 1 fully saturated rings. The summed E-state index contributed by atoms with van der Waals surface area (Å²) in [4.78, 5) is 12.5. The Balaban J connectivity index is 0.00000280. The lowest BCUT2D eigenvalue weighted by molar-refractivity contribution is -0.123. The van der Waals surface area contributed by atoms with Gasteiger partial charge in [0.15, 0.2) is 0 Å². The van der Waals surface area contributed by atoms with Crippen LogP contribution >= 0.6 is 12.4 Å². The number of aromatic nitrogens is 2. The molecule has 154 valence electrons. The van der Waals surface area contributed by atoms with Crippen molar-refractivity contribution >= 4 is 18.3 Å². The van der Waals surface area contributed by atoms with Crippen LogP contribution in [0.1, 0.15) is 35.6 Å². The number of rotatable bonds is 8. The summed E-state index contributed by atoms with van der Waals surface area (Å²) in [6.07, 6.45) is 5.73. The molecule has 7 nitrogen and oxygen atoms in total. The molecule has 1 aromatic heterocycles. The number of amides is 1. The van der Waals surface area contributed by atoms with E-state index in [0.29, 0.717) is 13.2 Å². The molecule has 1 aliphatic rings. The number of likely N-dealkylation sites (N-methyl/N-ethyl adjacent to an activating group) is 1. The number of nitrogens with one attached hydrogen (secondary N) is 2. The van der Waals surface area contributed by atoms with Gasteiger partial charge in [0.1, 0.15) is 6.04 Å². The second-order valence-corrected chi connectivity index (χ2v) is 6.83. The van der Waals surface area contributed by atoms with Gasteiger partial charge < -0.3 is 20.1 Å². The Morgan fingerprint density at radius 2 is 2.11 bits per heavy atom. The van der Waals surface area contributed by atoms with E-state index in [1.165, 1.54) is 0 Å². The maximum Gasteiger partial charge on any atom is 0.242 e. The van der Waals surface area contributed by atoms with Gasteiger partial charge in [0.2, 0.25) is 5.91 Å². The second-order valence-electron chi connectivity index (χ2n) is 6.83. The van der Waals surface area contributed by atoms with Crippen LogP contribution in [0.15, 0.2) is 36.7 Å². The van der Waals surface area contributed by atoms with E-state index in [1.807, 2.05) is 25.4 Å². The van der Waals surface area contributed by atoms with E-state index in [9.17, 15) is 4.79 Å². The highest BCUT2D eigenvalue weighted by atomic mass is 35.5. The summed E-state index contributed by atoms with van der Waals surface area (Å²) in [5.74, 6) is -0.0747. The highest BCUT2D eigenvalue weighted by Gasteiger charge is 2.19. The van der Waals surface area contributed by atoms with Gasteiger partial charge in [0.05, 0.1) is 18.9 Å². The fourth-order valence-corrected chi connectivity index (χ4v) is 3.22. The number of carbonyl (C=O) groups excluding carboxylic acids is 1. The Hall–Kier alpha value is -1.93. The summed E-state index contributed by atoms with van der Waals surface area (Å²) in [6, 6.07) is 7.73. The van der Waals surface area contributed by atoms with Crippen LogP contribution in [-0.2, 0) is 34.5 Å². The number of aryl methyl sites for hydroxylation is 1. The predicted molar refractivity (Wildman–Crippen MR) is 109 cm³/mol. The van der Waals surface area contributed by atoms with E-state index in [-0.39, 0.29) is 24.4 Å². The highest BCUT2D eigenvalue weighted by molar-refractivity contribution is 5.85. The molecule has 1 amide bonds. The van der Waals surface area contributed by atoms with E-state index < -0.39 is 6.04 Å². The standard InChI is InChI=1S/C20H28N4O3.ClH/c1-21-19(17-12-23-24(2)13-17)20(25)22-11-15-4-3-5-16(10-15)14-27-18-6-8-26-9-7-18;/h3-5,10,12-13,18-19,21H,6-9,11,14H2,1-2H3,(H,22,25);1H. The maximum absolute atomic E-state index is 12.5. The van der Waals surface area contributed by atoms with Crippen LogP contribution in [0.3, 0.4) is 0 Å². The van der Waals surface area contributed by atoms with Crippen molar-refractivity contribution in [3.05, 3.63) is 53.3 Å². The van der Waals surface area contributed by atoms with Gasteiger partial charge in [-0.15, -0.1) is 12.4 Å². The summed E-state index contributed by atoms with van der Waals surface area (Å²) < 4.78 is 13.0. The highest BCUT2D eigenvalue weighted by Crippen LogP contribution is 2.15. The Morgan fingerprint density at radius 3 is 2.79 bits per heavy atom. The molecule has 2 aromatic rings. The lowest BCUT2D eigenvalue weighted by atomic mass is 10.1. The predicted octanol–water partition coefficient (Wildman–Crippen LogP) is 2.11. The number of nitrogens with zero attached hydrogens (tertiary/aromatic N) is 2. The second kappa shape index (κ2) is 11.2. The zero-order chi connectivity index (χ0) is 19.1. The van der Waals surface area contributed by atoms with E-state index in [4.69, 9.17) is 9.47 Å². The van der Waals surface area contributed by atoms with Crippen LogP contribution < -0.4 is 10.6 Å². The van der Waals surface area contributed by atoms with Crippen molar-refractivity contribution in [1.82, 2.24) is 20.4 Å². The number of ether oxygens (including phenoxy) is 2. The molecule has 2 N–H and O–H groups in total. The number of halogens is 1. The maximum atomic E-state index is 12.5. The van der Waals surface area contributed by atoms with Gasteiger partial charge in [-0.2, -0.15) is 5.10 Å². The van der Waals surface area contributed by atoms with Crippen LogP contribution in [0.2, 0.25) is 0 Å². The number of hydrogen-bond acceptors (Lipinski definition) is 5. The van der Waals surface area contributed by atoms with Gasteiger partial charge >= 0.3 is 0 Å². The van der Waals surface area contributed by atoms with Crippen molar-refractivity contribution in [3.8, 4) is 0 Å². The Bertz CT molecular complexity index is 747. The number of carbonyl (C=O) groups is 1. The molecule has 2 heterocycles. The molecular weight excluding hydrogens is 380 g/mol. The van der Waals surface area contributed by atoms with Crippen molar-refractivity contribution in [3.63, 3.8) is 0 Å². The third-order valence-electron chi connectivity index (χ3n) is 4.72. The van der Waals surface area contributed by atoms with Crippen LogP contribution in [0.4, 0.5) is 0 Å². The van der Waals surface area contributed by atoms with Crippen molar-refractivity contribution in [1.29, 1.82) is 0 Å². The number of benzene rings is 1. The molecule has 0 bridgehead atoms. The van der Waals surface area contributed by atoms with Gasteiger partial charge in [-0.25, -0.2) is 0 Å². The summed E-state index contributed by atoms with van der Waals surface area (Å²) in [7, 11) is 3.60. The average Bonchev–Trinajstić information content (AvgIpc) is 3.12. The van der Waals surface area contributed by atoms with Crippen LogP contribution in [-0.4, -0.2) is 42.1 Å². The topological polar surface area (TPSA) is 77.4 Å². The van der Waals surface area contributed by atoms with E-state index in [1.54, 1.807) is 17.9 Å². The molecule has 8 heteroatoms. The van der Waals surface area contributed by atoms with Gasteiger partial charge in [0, 0.05) is 38.6 Å². The molecule has 1 unspecified atom stereocenters. The molecular formula is C20H29ClN4O3. The average molecular weight is 409 g/mol. The molecule has 0 aliphatic carbocycles. The normalized spacial score (nSPS) is 15.6. The summed E-state index contributed by atoms with van der Waals surface area (Å²) in [5.41, 5.74) is 3.01. The summed E-state index contributed by atoms with van der Waals surface area (Å²) >= 11 is 0. The molecule has 1 atom stereocenters. The first-order chi connectivity index (χ1) is 13.2. The Labute approximate surface area is 172 Å². The largest absolute Gasteiger partial charge is 0.381 e. The Kier molecular flexibility index (Phi) is 8.92. The van der Waals surface area contributed by atoms with Crippen LogP contribution in [0.25, 0.3) is 0 Å². The van der Waals surface area contributed by atoms with Gasteiger partial charge in [-0.3, -0.25) is 9.48 Å². The minimum atomic E-state index is -0.418. The molecule has 0 spiro atoms.